The van der Waals surface area contributed by atoms with Crippen LogP contribution >= 0.6 is 0 Å². The molecule has 5 nitrogen and oxygen atoms in total. The maximum atomic E-state index is 13.0. The lowest BCUT2D eigenvalue weighted by Crippen LogP contribution is -2.38. The van der Waals surface area contributed by atoms with Crippen molar-refractivity contribution in [3.05, 3.63) is 59.7 Å². The molecule has 0 aliphatic carbocycles. The SMILES string of the molecule is CC(NC(=O)NCCOc1ccc(F)c(F)c1)c1ccc(OCC(F)(F)F)cc1. The van der Waals surface area contributed by atoms with Crippen molar-refractivity contribution < 1.29 is 36.2 Å². The second kappa shape index (κ2) is 9.94. The minimum Gasteiger partial charge on any atom is -0.492 e. The van der Waals surface area contributed by atoms with E-state index in [1.54, 1.807) is 19.1 Å². The highest BCUT2D eigenvalue weighted by atomic mass is 19.4. The number of hydrogen-bond donors (Lipinski definition) is 2. The number of ether oxygens (including phenoxy) is 2. The van der Waals surface area contributed by atoms with Gasteiger partial charge in [-0.1, -0.05) is 12.1 Å². The summed E-state index contributed by atoms with van der Waals surface area (Å²) < 4.78 is 72.1. The van der Waals surface area contributed by atoms with Gasteiger partial charge in [0.2, 0.25) is 0 Å². The van der Waals surface area contributed by atoms with Gasteiger partial charge >= 0.3 is 12.2 Å². The topological polar surface area (TPSA) is 59.6 Å². The molecule has 2 rings (SSSR count). The number of nitrogens with one attached hydrogen (secondary N) is 2. The fraction of sp³-hybridized carbons (Fsp3) is 0.316. The normalized spacial score (nSPS) is 12.2. The van der Waals surface area contributed by atoms with E-state index in [0.29, 0.717) is 5.56 Å². The monoisotopic (exact) mass is 418 g/mol. The van der Waals surface area contributed by atoms with Crippen molar-refractivity contribution in [3.8, 4) is 11.5 Å². The first-order chi connectivity index (χ1) is 13.6. The third-order valence-corrected chi connectivity index (χ3v) is 3.68. The molecule has 2 amide bonds. The van der Waals surface area contributed by atoms with Gasteiger partial charge in [-0.05, 0) is 36.8 Å². The molecule has 29 heavy (non-hydrogen) atoms. The molecule has 10 heteroatoms. The molecule has 2 aromatic carbocycles. The van der Waals surface area contributed by atoms with Crippen molar-refractivity contribution >= 4 is 6.03 Å². The standard InChI is InChI=1S/C19H19F5N2O3/c1-12(13-2-4-14(5-3-13)29-11-19(22,23)24)26-18(27)25-8-9-28-15-6-7-16(20)17(21)10-15/h2-7,10,12H,8-9,11H2,1H3,(H2,25,26,27). The Labute approximate surface area is 163 Å². The maximum Gasteiger partial charge on any atom is 0.422 e. The highest BCUT2D eigenvalue weighted by Gasteiger charge is 2.28. The van der Waals surface area contributed by atoms with Crippen LogP contribution in [-0.2, 0) is 0 Å². The minimum atomic E-state index is -4.42. The Bertz CT molecular complexity index is 812. The van der Waals surface area contributed by atoms with E-state index >= 15 is 0 Å². The number of rotatable bonds is 8. The summed E-state index contributed by atoms with van der Waals surface area (Å²) in [7, 11) is 0. The van der Waals surface area contributed by atoms with E-state index in [1.807, 2.05) is 0 Å². The molecule has 2 aromatic rings. The number of carbonyl (C=O) groups is 1. The van der Waals surface area contributed by atoms with Crippen LogP contribution in [0.2, 0.25) is 0 Å². The van der Waals surface area contributed by atoms with Crippen molar-refractivity contribution in [1.82, 2.24) is 10.6 Å². The Morgan fingerprint density at radius 3 is 2.28 bits per heavy atom. The number of amides is 2. The van der Waals surface area contributed by atoms with Crippen molar-refractivity contribution in [2.45, 2.75) is 19.1 Å². The smallest absolute Gasteiger partial charge is 0.422 e. The molecule has 0 saturated carbocycles. The molecule has 158 valence electrons. The van der Waals surface area contributed by atoms with Crippen LogP contribution in [0.5, 0.6) is 11.5 Å². The van der Waals surface area contributed by atoms with Crippen LogP contribution in [0, 0.1) is 11.6 Å². The van der Waals surface area contributed by atoms with Gasteiger partial charge in [0.25, 0.3) is 0 Å². The average Bonchev–Trinajstić information content (AvgIpc) is 2.66. The van der Waals surface area contributed by atoms with Gasteiger partial charge in [-0.25, -0.2) is 13.6 Å². The predicted molar refractivity (Wildman–Crippen MR) is 94.8 cm³/mol. The van der Waals surface area contributed by atoms with Gasteiger partial charge in [0, 0.05) is 6.07 Å². The Kier molecular flexibility index (Phi) is 7.63. The van der Waals surface area contributed by atoms with Crippen molar-refractivity contribution in [1.29, 1.82) is 0 Å². The molecule has 1 atom stereocenters. The van der Waals surface area contributed by atoms with Crippen LogP contribution in [0.25, 0.3) is 0 Å². The Morgan fingerprint density at radius 2 is 1.66 bits per heavy atom. The second-order valence-electron chi connectivity index (χ2n) is 6.02. The zero-order valence-electron chi connectivity index (χ0n) is 15.4. The number of carbonyl (C=O) groups excluding carboxylic acids is 1. The number of halogens is 5. The van der Waals surface area contributed by atoms with Crippen molar-refractivity contribution in [3.63, 3.8) is 0 Å². The third-order valence-electron chi connectivity index (χ3n) is 3.68. The fourth-order valence-corrected chi connectivity index (χ4v) is 2.25. The quantitative estimate of drug-likeness (QED) is 0.495. The minimum absolute atomic E-state index is 0.0398. The average molecular weight is 418 g/mol. The van der Waals surface area contributed by atoms with E-state index in [4.69, 9.17) is 4.74 Å². The van der Waals surface area contributed by atoms with Crippen LogP contribution < -0.4 is 20.1 Å². The van der Waals surface area contributed by atoms with Gasteiger partial charge in [0.1, 0.15) is 18.1 Å². The first kappa shape index (κ1) is 22.3. The van der Waals surface area contributed by atoms with Crippen LogP contribution in [-0.4, -0.2) is 32.0 Å². The summed E-state index contributed by atoms with van der Waals surface area (Å²) in [6, 6.07) is 8.04. The molecule has 1 unspecified atom stereocenters. The molecule has 0 fully saturated rings. The summed E-state index contributed by atoms with van der Waals surface area (Å²) in [6.45, 7) is 0.470. The van der Waals surface area contributed by atoms with Gasteiger partial charge in [-0.3, -0.25) is 0 Å². The van der Waals surface area contributed by atoms with Gasteiger partial charge in [0.15, 0.2) is 18.2 Å². The number of urea groups is 1. The summed E-state index contributed by atoms with van der Waals surface area (Å²) in [5, 5.41) is 5.19. The summed E-state index contributed by atoms with van der Waals surface area (Å²) in [4.78, 5) is 11.9. The van der Waals surface area contributed by atoms with E-state index in [2.05, 4.69) is 15.4 Å². The number of hydrogen-bond acceptors (Lipinski definition) is 3. The summed E-state index contributed by atoms with van der Waals surface area (Å²) in [5.41, 5.74) is 0.664. The zero-order valence-corrected chi connectivity index (χ0v) is 15.4. The molecule has 0 saturated heterocycles. The molecule has 0 spiro atoms. The maximum absolute atomic E-state index is 13.0. The molecule has 0 radical (unpaired) electrons. The first-order valence-electron chi connectivity index (χ1n) is 8.56. The number of benzene rings is 2. The molecule has 0 heterocycles. The molecule has 0 bridgehead atoms. The summed E-state index contributed by atoms with van der Waals surface area (Å²) >= 11 is 0. The Hall–Kier alpha value is -3.04. The summed E-state index contributed by atoms with van der Waals surface area (Å²) in [6.07, 6.45) is -4.42. The highest BCUT2D eigenvalue weighted by molar-refractivity contribution is 5.74. The van der Waals surface area contributed by atoms with E-state index in [0.717, 1.165) is 12.1 Å². The van der Waals surface area contributed by atoms with Crippen LogP contribution in [0.1, 0.15) is 18.5 Å². The van der Waals surface area contributed by atoms with E-state index in [9.17, 15) is 26.7 Å². The molecular weight excluding hydrogens is 399 g/mol. The highest BCUT2D eigenvalue weighted by Crippen LogP contribution is 2.21. The zero-order chi connectivity index (χ0) is 21.4. The fourth-order valence-electron chi connectivity index (χ4n) is 2.25. The van der Waals surface area contributed by atoms with E-state index in [-0.39, 0.29) is 24.7 Å². The van der Waals surface area contributed by atoms with Gasteiger partial charge in [-0.2, -0.15) is 13.2 Å². The molecule has 0 aliphatic rings. The Morgan fingerprint density at radius 1 is 1.00 bits per heavy atom. The lowest BCUT2D eigenvalue weighted by molar-refractivity contribution is -0.153. The second-order valence-corrected chi connectivity index (χ2v) is 6.02. The Balaban J connectivity index is 1.71. The summed E-state index contributed by atoms with van der Waals surface area (Å²) in [5.74, 6) is -1.81. The van der Waals surface area contributed by atoms with Gasteiger partial charge in [-0.15, -0.1) is 0 Å². The number of alkyl halides is 3. The lowest BCUT2D eigenvalue weighted by Gasteiger charge is -2.16. The third kappa shape index (κ3) is 7.84. The predicted octanol–water partition coefficient (Wildman–Crippen LogP) is 4.35. The van der Waals surface area contributed by atoms with Crippen molar-refractivity contribution in [2.24, 2.45) is 0 Å². The van der Waals surface area contributed by atoms with Crippen LogP contribution in [0.15, 0.2) is 42.5 Å². The van der Waals surface area contributed by atoms with Crippen molar-refractivity contribution in [2.75, 3.05) is 19.8 Å². The van der Waals surface area contributed by atoms with Gasteiger partial charge in [0.05, 0.1) is 12.6 Å². The van der Waals surface area contributed by atoms with E-state index in [1.165, 1.54) is 18.2 Å². The molecule has 0 aliphatic heterocycles. The molecular formula is C19H19F5N2O3. The molecule has 0 aromatic heterocycles. The van der Waals surface area contributed by atoms with E-state index < -0.39 is 36.5 Å². The van der Waals surface area contributed by atoms with Crippen LogP contribution in [0.3, 0.4) is 0 Å². The van der Waals surface area contributed by atoms with Gasteiger partial charge < -0.3 is 20.1 Å². The lowest BCUT2D eigenvalue weighted by atomic mass is 10.1. The van der Waals surface area contributed by atoms with Crippen LogP contribution in [0.4, 0.5) is 26.7 Å². The largest absolute Gasteiger partial charge is 0.492 e. The first-order valence-corrected chi connectivity index (χ1v) is 8.56. The molecule has 2 N–H and O–H groups in total.